The van der Waals surface area contributed by atoms with Crippen LogP contribution in [0.1, 0.15) is 11.6 Å². The van der Waals surface area contributed by atoms with Crippen LogP contribution in [-0.2, 0) is 14.4 Å². The van der Waals surface area contributed by atoms with E-state index < -0.39 is 29.9 Å². The third-order valence-electron chi connectivity index (χ3n) is 5.31. The number of pyridine rings is 1. The topological polar surface area (TPSA) is 62.7 Å². The van der Waals surface area contributed by atoms with Crippen LogP contribution in [0.3, 0.4) is 0 Å². The molecule has 2 aromatic carbocycles. The predicted molar refractivity (Wildman–Crippen MR) is 113 cm³/mol. The Morgan fingerprint density at radius 3 is 2.27 bits per heavy atom. The molecule has 0 aliphatic carbocycles. The number of hydrogen-bond acceptors (Lipinski definition) is 5. The van der Waals surface area contributed by atoms with Crippen LogP contribution in [0.2, 0.25) is 10.0 Å². The van der Waals surface area contributed by atoms with Crippen molar-refractivity contribution in [2.45, 2.75) is 12.1 Å². The summed E-state index contributed by atoms with van der Waals surface area (Å²) in [6.07, 6.45) is 2.34. The van der Waals surface area contributed by atoms with Crippen LogP contribution in [0.15, 0.2) is 73.1 Å². The fourth-order valence-electron chi connectivity index (χ4n) is 4.03. The van der Waals surface area contributed by atoms with Crippen molar-refractivity contribution >= 4 is 46.4 Å². The molecule has 1 aromatic heterocycles. The number of fused-ring (bicyclic) bond motifs is 1. The SMILES string of the molecule is O=C1[C@H]2[C@H](ON(c3ccccc3)[C@H]2c2cccnc2)C(=O)N1c1c(Cl)cccc1Cl. The number of rotatable bonds is 3. The van der Waals surface area contributed by atoms with E-state index in [4.69, 9.17) is 28.0 Å². The van der Waals surface area contributed by atoms with E-state index in [9.17, 15) is 9.59 Å². The molecule has 3 heterocycles. The highest BCUT2D eigenvalue weighted by Gasteiger charge is 2.60. The first-order valence-corrected chi connectivity index (χ1v) is 10.1. The molecule has 2 aliphatic rings. The average molecular weight is 440 g/mol. The average Bonchev–Trinajstić information content (AvgIpc) is 3.27. The second-order valence-electron chi connectivity index (χ2n) is 7.03. The molecule has 0 saturated carbocycles. The quantitative estimate of drug-likeness (QED) is 0.564. The lowest BCUT2D eigenvalue weighted by Crippen LogP contribution is -2.37. The minimum Gasteiger partial charge on any atom is -0.273 e. The third kappa shape index (κ3) is 2.88. The van der Waals surface area contributed by atoms with Crippen molar-refractivity contribution in [2.24, 2.45) is 5.92 Å². The fourth-order valence-corrected chi connectivity index (χ4v) is 4.59. The molecule has 150 valence electrons. The molecule has 2 saturated heterocycles. The number of imide groups is 1. The molecule has 6 nitrogen and oxygen atoms in total. The van der Waals surface area contributed by atoms with Crippen LogP contribution in [0.4, 0.5) is 11.4 Å². The molecule has 0 radical (unpaired) electrons. The van der Waals surface area contributed by atoms with Crippen molar-refractivity contribution in [2.75, 3.05) is 9.96 Å². The molecule has 3 atom stereocenters. The van der Waals surface area contributed by atoms with Crippen molar-refractivity contribution in [3.05, 3.63) is 88.7 Å². The van der Waals surface area contributed by atoms with Crippen molar-refractivity contribution in [1.82, 2.24) is 4.98 Å². The van der Waals surface area contributed by atoms with Gasteiger partial charge < -0.3 is 0 Å². The van der Waals surface area contributed by atoms with Gasteiger partial charge in [-0.25, -0.2) is 9.96 Å². The summed E-state index contributed by atoms with van der Waals surface area (Å²) >= 11 is 12.6. The van der Waals surface area contributed by atoms with E-state index in [1.165, 1.54) is 0 Å². The Labute approximate surface area is 182 Å². The van der Waals surface area contributed by atoms with Gasteiger partial charge in [-0.15, -0.1) is 0 Å². The van der Waals surface area contributed by atoms with E-state index in [-0.39, 0.29) is 15.7 Å². The number of benzene rings is 2. The lowest BCUT2D eigenvalue weighted by molar-refractivity contribution is -0.126. The standard InChI is InChI=1S/C22H15Cl2N3O3/c23-15-9-4-10-16(24)19(15)26-21(28)17-18(13-6-5-11-25-12-13)27(30-20(17)22(26)29)14-7-2-1-3-8-14/h1-12,17-18,20H/t17-,18+,20+/m1/s1. The second kappa shape index (κ2) is 7.40. The van der Waals surface area contributed by atoms with Gasteiger partial charge >= 0.3 is 0 Å². The fraction of sp³-hybridized carbons (Fsp3) is 0.136. The maximum Gasteiger partial charge on any atom is 0.266 e. The number of aromatic nitrogens is 1. The van der Waals surface area contributed by atoms with Crippen LogP contribution < -0.4 is 9.96 Å². The normalized spacial score (nSPS) is 23.2. The van der Waals surface area contributed by atoms with Gasteiger partial charge in [-0.1, -0.05) is 53.5 Å². The van der Waals surface area contributed by atoms with Gasteiger partial charge in [-0.3, -0.25) is 19.4 Å². The monoisotopic (exact) mass is 439 g/mol. The minimum atomic E-state index is -0.991. The van der Waals surface area contributed by atoms with Crippen molar-refractivity contribution in [1.29, 1.82) is 0 Å². The summed E-state index contributed by atoms with van der Waals surface area (Å²) in [5, 5.41) is 2.07. The van der Waals surface area contributed by atoms with Gasteiger partial charge in [0.2, 0.25) is 5.91 Å². The molecule has 30 heavy (non-hydrogen) atoms. The molecule has 0 spiro atoms. The number of halogens is 2. The van der Waals surface area contributed by atoms with E-state index >= 15 is 0 Å². The highest BCUT2D eigenvalue weighted by atomic mass is 35.5. The number of hydroxylamine groups is 1. The van der Waals surface area contributed by atoms with E-state index in [0.29, 0.717) is 0 Å². The van der Waals surface area contributed by atoms with Crippen LogP contribution in [0.5, 0.6) is 0 Å². The highest BCUT2D eigenvalue weighted by molar-refractivity contribution is 6.42. The lowest BCUT2D eigenvalue weighted by Gasteiger charge is -2.28. The van der Waals surface area contributed by atoms with Gasteiger partial charge in [0.25, 0.3) is 5.91 Å². The summed E-state index contributed by atoms with van der Waals surface area (Å²) in [7, 11) is 0. The molecule has 2 amide bonds. The largest absolute Gasteiger partial charge is 0.273 e. The van der Waals surface area contributed by atoms with Gasteiger partial charge in [-0.2, -0.15) is 0 Å². The Balaban J connectivity index is 1.61. The first-order chi connectivity index (χ1) is 14.6. The Morgan fingerprint density at radius 2 is 1.60 bits per heavy atom. The maximum absolute atomic E-state index is 13.5. The van der Waals surface area contributed by atoms with Gasteiger partial charge in [0, 0.05) is 12.4 Å². The molecule has 5 rings (SSSR count). The molecule has 8 heteroatoms. The predicted octanol–water partition coefficient (Wildman–Crippen LogP) is 4.44. The molecule has 2 fully saturated rings. The summed E-state index contributed by atoms with van der Waals surface area (Å²) in [5.41, 5.74) is 1.69. The van der Waals surface area contributed by atoms with E-state index in [2.05, 4.69) is 4.98 Å². The smallest absolute Gasteiger partial charge is 0.266 e. The zero-order valence-electron chi connectivity index (χ0n) is 15.5. The number of anilines is 2. The Morgan fingerprint density at radius 1 is 0.867 bits per heavy atom. The van der Waals surface area contributed by atoms with Crippen LogP contribution in [0.25, 0.3) is 0 Å². The number of amides is 2. The molecule has 0 bridgehead atoms. The first-order valence-electron chi connectivity index (χ1n) is 9.30. The van der Waals surface area contributed by atoms with E-state index in [1.807, 2.05) is 36.4 Å². The Hall–Kier alpha value is -2.93. The van der Waals surface area contributed by atoms with E-state index in [0.717, 1.165) is 16.2 Å². The molecule has 0 unspecified atom stereocenters. The van der Waals surface area contributed by atoms with E-state index in [1.54, 1.807) is 41.7 Å². The molecular weight excluding hydrogens is 425 g/mol. The molecular formula is C22H15Cl2N3O3. The Kier molecular flexibility index (Phi) is 4.70. The van der Waals surface area contributed by atoms with Crippen LogP contribution in [-0.4, -0.2) is 22.9 Å². The van der Waals surface area contributed by atoms with Crippen molar-refractivity contribution in [3.63, 3.8) is 0 Å². The summed E-state index contributed by atoms with van der Waals surface area (Å²) < 4.78 is 0. The Bertz CT molecular complexity index is 1110. The summed E-state index contributed by atoms with van der Waals surface area (Å²) in [6, 6.07) is 17.3. The summed E-state index contributed by atoms with van der Waals surface area (Å²) in [4.78, 5) is 38.1. The zero-order chi connectivity index (χ0) is 20.8. The van der Waals surface area contributed by atoms with Gasteiger partial charge in [0.15, 0.2) is 6.10 Å². The van der Waals surface area contributed by atoms with Gasteiger partial charge in [-0.05, 0) is 35.9 Å². The number of carbonyl (C=O) groups excluding carboxylic acids is 2. The van der Waals surface area contributed by atoms with Crippen molar-refractivity contribution in [3.8, 4) is 0 Å². The zero-order valence-corrected chi connectivity index (χ0v) is 17.0. The molecule has 3 aromatic rings. The number of nitrogens with zero attached hydrogens (tertiary/aromatic N) is 3. The van der Waals surface area contributed by atoms with Gasteiger partial charge in [0.1, 0.15) is 5.92 Å². The number of para-hydroxylation sites is 2. The first kappa shape index (κ1) is 19.1. The van der Waals surface area contributed by atoms with Crippen molar-refractivity contribution < 1.29 is 14.4 Å². The third-order valence-corrected chi connectivity index (χ3v) is 5.92. The lowest BCUT2D eigenvalue weighted by atomic mass is 9.91. The minimum absolute atomic E-state index is 0.185. The second-order valence-corrected chi connectivity index (χ2v) is 7.84. The van der Waals surface area contributed by atoms with Crippen LogP contribution in [0, 0.1) is 5.92 Å². The molecule has 2 aliphatic heterocycles. The molecule has 0 N–H and O–H groups in total. The number of carbonyl (C=O) groups is 2. The summed E-state index contributed by atoms with van der Waals surface area (Å²) in [5.74, 6) is -1.67. The highest BCUT2D eigenvalue weighted by Crippen LogP contribution is 2.49. The summed E-state index contributed by atoms with van der Waals surface area (Å²) in [6.45, 7) is 0. The van der Waals surface area contributed by atoms with Gasteiger partial charge in [0.05, 0.1) is 27.5 Å². The van der Waals surface area contributed by atoms with Crippen LogP contribution >= 0.6 is 23.2 Å². The number of hydrogen-bond donors (Lipinski definition) is 0. The maximum atomic E-state index is 13.5.